The average Bonchev–Trinajstić information content (AvgIpc) is 2.90. The smallest absolute Gasteiger partial charge is 0.272 e. The number of β-amino-alcohol motifs (C(OH)–C–C–N with tert-alkyl or cyclic N) is 1. The molecule has 8 nitrogen and oxygen atoms in total. The molecule has 1 fully saturated rings. The largest absolute Gasteiger partial charge is 0.389 e. The van der Waals surface area contributed by atoms with E-state index in [1.165, 1.54) is 0 Å². The first-order valence-electron chi connectivity index (χ1n) is 9.05. The van der Waals surface area contributed by atoms with Crippen molar-refractivity contribution in [2.45, 2.75) is 45.9 Å². The van der Waals surface area contributed by atoms with Gasteiger partial charge in [0.1, 0.15) is 12.2 Å². The average molecular weight is 371 g/mol. The molecule has 0 radical (unpaired) electrons. The SMILES string of the molecule is Cc1nn(CC(=O)N[C@@H]2CCN(C(=O)c3ccccn3)C[C@H]2O)c(C)c1C. The Morgan fingerprint density at radius 1 is 1.30 bits per heavy atom. The van der Waals surface area contributed by atoms with Gasteiger partial charge in [0.05, 0.1) is 17.8 Å². The summed E-state index contributed by atoms with van der Waals surface area (Å²) in [6.45, 7) is 6.55. The summed E-state index contributed by atoms with van der Waals surface area (Å²) < 4.78 is 1.67. The number of hydrogen-bond acceptors (Lipinski definition) is 5. The molecular formula is C19H25N5O3. The van der Waals surface area contributed by atoms with Gasteiger partial charge in [-0.25, -0.2) is 0 Å². The fourth-order valence-electron chi connectivity index (χ4n) is 3.26. The number of hydrogen-bond donors (Lipinski definition) is 2. The van der Waals surface area contributed by atoms with E-state index in [1.807, 2.05) is 20.8 Å². The molecule has 3 heterocycles. The number of aryl methyl sites for hydroxylation is 1. The van der Waals surface area contributed by atoms with Crippen molar-refractivity contribution in [2.24, 2.45) is 0 Å². The van der Waals surface area contributed by atoms with Gasteiger partial charge < -0.3 is 15.3 Å². The number of rotatable bonds is 4. The maximum Gasteiger partial charge on any atom is 0.272 e. The Morgan fingerprint density at radius 3 is 2.67 bits per heavy atom. The van der Waals surface area contributed by atoms with E-state index in [-0.39, 0.29) is 30.9 Å². The van der Waals surface area contributed by atoms with Crippen LogP contribution in [0.5, 0.6) is 0 Å². The van der Waals surface area contributed by atoms with Crippen molar-refractivity contribution < 1.29 is 14.7 Å². The molecule has 1 aliphatic heterocycles. The molecule has 2 N–H and O–H groups in total. The molecule has 0 aliphatic carbocycles. The summed E-state index contributed by atoms with van der Waals surface area (Å²) in [5.41, 5.74) is 3.29. The summed E-state index contributed by atoms with van der Waals surface area (Å²) in [4.78, 5) is 30.4. The highest BCUT2D eigenvalue weighted by atomic mass is 16.3. The standard InChI is InChI=1S/C19H25N5O3/c1-12-13(2)22-24(14(12)3)11-18(26)21-15-7-9-23(10-17(15)25)19(27)16-6-4-5-8-20-16/h4-6,8,15,17,25H,7,9-11H2,1-3H3,(H,21,26)/t15-,17-/m1/s1. The maximum atomic E-state index is 12.4. The van der Waals surface area contributed by atoms with Crippen molar-refractivity contribution >= 4 is 11.8 Å². The molecule has 2 aromatic heterocycles. The van der Waals surface area contributed by atoms with Crippen LogP contribution >= 0.6 is 0 Å². The van der Waals surface area contributed by atoms with E-state index in [2.05, 4.69) is 15.4 Å². The molecule has 2 amide bonds. The van der Waals surface area contributed by atoms with Crippen molar-refractivity contribution in [3.63, 3.8) is 0 Å². The van der Waals surface area contributed by atoms with E-state index < -0.39 is 6.10 Å². The molecule has 0 aromatic carbocycles. The molecule has 0 unspecified atom stereocenters. The number of pyridine rings is 1. The minimum absolute atomic E-state index is 0.111. The van der Waals surface area contributed by atoms with Gasteiger partial charge in [-0.15, -0.1) is 0 Å². The highest BCUT2D eigenvalue weighted by Gasteiger charge is 2.32. The number of nitrogens with zero attached hydrogens (tertiary/aromatic N) is 4. The third kappa shape index (κ3) is 4.16. The van der Waals surface area contributed by atoms with Crippen LogP contribution in [0, 0.1) is 20.8 Å². The molecule has 0 bridgehead atoms. The van der Waals surface area contributed by atoms with Crippen LogP contribution in [0.4, 0.5) is 0 Å². The molecule has 2 atom stereocenters. The van der Waals surface area contributed by atoms with Gasteiger partial charge in [0, 0.05) is 25.0 Å². The van der Waals surface area contributed by atoms with Crippen LogP contribution in [-0.2, 0) is 11.3 Å². The fraction of sp³-hybridized carbons (Fsp3) is 0.474. The summed E-state index contributed by atoms with van der Waals surface area (Å²) in [6, 6.07) is 4.77. The van der Waals surface area contributed by atoms with E-state index in [0.717, 1.165) is 17.0 Å². The molecule has 0 spiro atoms. The maximum absolute atomic E-state index is 12.4. The number of aliphatic hydroxyl groups excluding tert-OH is 1. The third-order valence-corrected chi connectivity index (χ3v) is 5.14. The molecule has 1 saturated heterocycles. The van der Waals surface area contributed by atoms with Gasteiger partial charge in [0.25, 0.3) is 5.91 Å². The predicted octanol–water partition coefficient (Wildman–Crippen LogP) is 0.595. The zero-order valence-corrected chi connectivity index (χ0v) is 15.8. The number of amides is 2. The Balaban J connectivity index is 1.56. The summed E-state index contributed by atoms with van der Waals surface area (Å²) in [6.07, 6.45) is 1.23. The molecule has 144 valence electrons. The number of carbonyl (C=O) groups excluding carboxylic acids is 2. The van der Waals surface area contributed by atoms with Crippen LogP contribution in [0.1, 0.15) is 33.9 Å². The van der Waals surface area contributed by atoms with Crippen molar-refractivity contribution in [1.82, 2.24) is 25.0 Å². The van der Waals surface area contributed by atoms with Crippen LogP contribution in [0.3, 0.4) is 0 Å². The van der Waals surface area contributed by atoms with Crippen molar-refractivity contribution in [1.29, 1.82) is 0 Å². The Labute approximate surface area is 158 Å². The lowest BCUT2D eigenvalue weighted by atomic mass is 10.0. The zero-order chi connectivity index (χ0) is 19.6. The van der Waals surface area contributed by atoms with E-state index in [9.17, 15) is 14.7 Å². The summed E-state index contributed by atoms with van der Waals surface area (Å²) in [7, 11) is 0. The van der Waals surface area contributed by atoms with E-state index in [0.29, 0.717) is 18.7 Å². The number of nitrogens with one attached hydrogen (secondary N) is 1. The van der Waals surface area contributed by atoms with Gasteiger partial charge in [-0.2, -0.15) is 5.10 Å². The minimum Gasteiger partial charge on any atom is -0.389 e. The number of piperidine rings is 1. The minimum atomic E-state index is -0.822. The van der Waals surface area contributed by atoms with Crippen molar-refractivity contribution in [3.8, 4) is 0 Å². The monoisotopic (exact) mass is 371 g/mol. The van der Waals surface area contributed by atoms with Crippen LogP contribution < -0.4 is 5.32 Å². The molecular weight excluding hydrogens is 346 g/mol. The second-order valence-corrected chi connectivity index (χ2v) is 6.95. The normalized spacial score (nSPS) is 19.8. The molecule has 8 heteroatoms. The highest BCUT2D eigenvalue weighted by molar-refractivity contribution is 5.92. The van der Waals surface area contributed by atoms with Gasteiger partial charge in [0.15, 0.2) is 0 Å². The first-order valence-corrected chi connectivity index (χ1v) is 9.05. The lowest BCUT2D eigenvalue weighted by molar-refractivity contribution is -0.124. The number of likely N-dealkylation sites (tertiary alicyclic amines) is 1. The van der Waals surface area contributed by atoms with E-state index in [4.69, 9.17) is 0 Å². The van der Waals surface area contributed by atoms with Crippen molar-refractivity contribution in [3.05, 3.63) is 47.0 Å². The predicted molar refractivity (Wildman–Crippen MR) is 99.1 cm³/mol. The topological polar surface area (TPSA) is 100 Å². The first kappa shape index (κ1) is 19.0. The Morgan fingerprint density at radius 2 is 2.07 bits per heavy atom. The summed E-state index contributed by atoms with van der Waals surface area (Å²) >= 11 is 0. The Bertz CT molecular complexity index is 833. The lowest BCUT2D eigenvalue weighted by Crippen LogP contribution is -2.55. The van der Waals surface area contributed by atoms with Crippen LogP contribution in [0.2, 0.25) is 0 Å². The second kappa shape index (κ2) is 7.87. The number of aliphatic hydroxyl groups is 1. The molecule has 3 rings (SSSR count). The lowest BCUT2D eigenvalue weighted by Gasteiger charge is -2.36. The van der Waals surface area contributed by atoms with Crippen LogP contribution in [0.15, 0.2) is 24.4 Å². The van der Waals surface area contributed by atoms with Gasteiger partial charge >= 0.3 is 0 Å². The van der Waals surface area contributed by atoms with Gasteiger partial charge in [-0.3, -0.25) is 19.3 Å². The first-order chi connectivity index (χ1) is 12.9. The second-order valence-electron chi connectivity index (χ2n) is 6.95. The molecule has 0 saturated carbocycles. The molecule has 27 heavy (non-hydrogen) atoms. The van der Waals surface area contributed by atoms with Gasteiger partial charge in [-0.05, 0) is 44.9 Å². The molecule has 1 aliphatic rings. The Kier molecular flexibility index (Phi) is 5.55. The summed E-state index contributed by atoms with van der Waals surface area (Å²) in [5.74, 6) is -0.410. The van der Waals surface area contributed by atoms with E-state index in [1.54, 1.807) is 34.0 Å². The highest BCUT2D eigenvalue weighted by Crippen LogP contribution is 2.15. The van der Waals surface area contributed by atoms with E-state index >= 15 is 0 Å². The third-order valence-electron chi connectivity index (χ3n) is 5.14. The fourth-order valence-corrected chi connectivity index (χ4v) is 3.26. The summed E-state index contributed by atoms with van der Waals surface area (Å²) in [5, 5.41) is 17.6. The van der Waals surface area contributed by atoms with Crippen LogP contribution in [0.25, 0.3) is 0 Å². The van der Waals surface area contributed by atoms with Crippen molar-refractivity contribution in [2.75, 3.05) is 13.1 Å². The zero-order valence-electron chi connectivity index (χ0n) is 15.8. The quantitative estimate of drug-likeness (QED) is 0.820. The Hall–Kier alpha value is -2.74. The number of aromatic nitrogens is 3. The van der Waals surface area contributed by atoms with Gasteiger partial charge in [0.2, 0.25) is 5.91 Å². The number of carbonyl (C=O) groups is 2. The van der Waals surface area contributed by atoms with Crippen LogP contribution in [-0.4, -0.2) is 61.8 Å². The molecule has 2 aromatic rings. The van der Waals surface area contributed by atoms with Gasteiger partial charge in [-0.1, -0.05) is 6.07 Å².